The molecule has 0 spiro atoms. The van der Waals surface area contributed by atoms with E-state index in [9.17, 15) is 0 Å². The largest absolute Gasteiger partial charge is 0.399 e. The van der Waals surface area contributed by atoms with Gasteiger partial charge >= 0.3 is 0 Å². The number of hydrogen-bond donors (Lipinski definition) is 1. The molecule has 1 saturated carbocycles. The second kappa shape index (κ2) is 4.27. The van der Waals surface area contributed by atoms with Gasteiger partial charge in [-0.25, -0.2) is 0 Å². The van der Waals surface area contributed by atoms with Gasteiger partial charge in [0.05, 0.1) is 5.69 Å². The number of aliphatic imine (C=N–C) groups is 1. The summed E-state index contributed by atoms with van der Waals surface area (Å²) in [6, 6.07) is 7.78. The van der Waals surface area contributed by atoms with Gasteiger partial charge in [-0.05, 0) is 49.9 Å². The Hall–Kier alpha value is -1.31. The summed E-state index contributed by atoms with van der Waals surface area (Å²) in [5, 5.41) is 0. The molecule has 0 heterocycles. The Bertz CT molecular complexity index is 317. The molecule has 1 fully saturated rings. The molecule has 0 atom stereocenters. The molecule has 2 heteroatoms. The van der Waals surface area contributed by atoms with E-state index in [-0.39, 0.29) is 0 Å². The van der Waals surface area contributed by atoms with Crippen LogP contribution in [0.1, 0.15) is 32.1 Å². The number of rotatable bonds is 1. The zero-order valence-electron chi connectivity index (χ0n) is 8.37. The fourth-order valence-corrected chi connectivity index (χ4v) is 1.80. The number of nitrogens with zero attached hydrogens (tertiary/aromatic N) is 1. The van der Waals surface area contributed by atoms with E-state index in [4.69, 9.17) is 5.73 Å². The Morgan fingerprint density at radius 3 is 2.21 bits per heavy atom. The fourth-order valence-electron chi connectivity index (χ4n) is 1.80. The van der Waals surface area contributed by atoms with Crippen LogP contribution in [0.15, 0.2) is 29.3 Å². The van der Waals surface area contributed by atoms with Gasteiger partial charge in [0.2, 0.25) is 0 Å². The number of nitrogens with two attached hydrogens (primary N) is 1. The standard InChI is InChI=1S/C12H16N2/c13-10-6-8-12(9-7-10)14-11-4-2-1-3-5-11/h6-9H,1-5,13H2. The normalized spacial score (nSPS) is 16.7. The summed E-state index contributed by atoms with van der Waals surface area (Å²) in [5.41, 5.74) is 8.80. The van der Waals surface area contributed by atoms with Crippen molar-refractivity contribution in [2.75, 3.05) is 5.73 Å². The minimum Gasteiger partial charge on any atom is -0.399 e. The van der Waals surface area contributed by atoms with Crippen LogP contribution in [0.25, 0.3) is 0 Å². The zero-order valence-corrected chi connectivity index (χ0v) is 8.37. The monoisotopic (exact) mass is 188 g/mol. The smallest absolute Gasteiger partial charge is 0.0630 e. The minimum absolute atomic E-state index is 0.803. The second-order valence-electron chi connectivity index (χ2n) is 3.83. The topological polar surface area (TPSA) is 38.4 Å². The molecule has 1 aromatic rings. The quantitative estimate of drug-likeness (QED) is 0.675. The van der Waals surface area contributed by atoms with Gasteiger partial charge in [-0.1, -0.05) is 6.42 Å². The number of hydrogen-bond acceptors (Lipinski definition) is 2. The average molecular weight is 188 g/mol. The van der Waals surface area contributed by atoms with E-state index < -0.39 is 0 Å². The summed E-state index contributed by atoms with van der Waals surface area (Å²) in [5.74, 6) is 0. The predicted octanol–water partition coefficient (Wildman–Crippen LogP) is 3.31. The molecule has 0 aromatic heterocycles. The summed E-state index contributed by atoms with van der Waals surface area (Å²) >= 11 is 0. The molecular weight excluding hydrogens is 172 g/mol. The summed E-state index contributed by atoms with van der Waals surface area (Å²) < 4.78 is 0. The van der Waals surface area contributed by atoms with Crippen molar-refractivity contribution in [2.45, 2.75) is 32.1 Å². The van der Waals surface area contributed by atoms with E-state index in [1.807, 2.05) is 24.3 Å². The summed E-state index contributed by atoms with van der Waals surface area (Å²) in [6.07, 6.45) is 6.30. The summed E-state index contributed by atoms with van der Waals surface area (Å²) in [6.45, 7) is 0. The highest BCUT2D eigenvalue weighted by Crippen LogP contribution is 2.20. The van der Waals surface area contributed by atoms with Gasteiger partial charge in [0.15, 0.2) is 0 Å². The fraction of sp³-hybridized carbons (Fsp3) is 0.417. The van der Waals surface area contributed by atoms with Gasteiger partial charge in [-0.15, -0.1) is 0 Å². The van der Waals surface area contributed by atoms with E-state index in [1.54, 1.807) is 0 Å². The summed E-state index contributed by atoms with van der Waals surface area (Å²) in [4.78, 5) is 4.62. The zero-order chi connectivity index (χ0) is 9.80. The lowest BCUT2D eigenvalue weighted by molar-refractivity contribution is 0.667. The van der Waals surface area contributed by atoms with E-state index in [0.29, 0.717) is 0 Å². The van der Waals surface area contributed by atoms with E-state index in [1.165, 1.54) is 37.8 Å². The Balaban J connectivity index is 2.11. The molecule has 1 aromatic carbocycles. The van der Waals surface area contributed by atoms with E-state index in [0.717, 1.165) is 11.4 Å². The van der Waals surface area contributed by atoms with Gasteiger partial charge < -0.3 is 5.73 Å². The molecule has 0 aliphatic heterocycles. The van der Waals surface area contributed by atoms with Crippen LogP contribution in [0.4, 0.5) is 11.4 Å². The molecule has 0 saturated heterocycles. The summed E-state index contributed by atoms with van der Waals surface area (Å²) in [7, 11) is 0. The molecule has 2 rings (SSSR count). The first-order valence-corrected chi connectivity index (χ1v) is 5.26. The Kier molecular flexibility index (Phi) is 2.82. The van der Waals surface area contributed by atoms with Crippen molar-refractivity contribution < 1.29 is 0 Å². The maximum absolute atomic E-state index is 5.61. The lowest BCUT2D eigenvalue weighted by Crippen LogP contribution is -2.03. The number of nitrogen functional groups attached to an aromatic ring is 1. The van der Waals surface area contributed by atoms with Crippen molar-refractivity contribution in [3.8, 4) is 0 Å². The molecule has 0 radical (unpaired) electrons. The lowest BCUT2D eigenvalue weighted by atomic mass is 9.98. The van der Waals surface area contributed by atoms with Crippen LogP contribution < -0.4 is 5.73 Å². The molecule has 1 aliphatic rings. The molecule has 2 nitrogen and oxygen atoms in total. The molecule has 2 N–H and O–H groups in total. The van der Waals surface area contributed by atoms with Crippen molar-refractivity contribution in [1.82, 2.24) is 0 Å². The van der Waals surface area contributed by atoms with Crippen LogP contribution in [0, 0.1) is 0 Å². The predicted molar refractivity (Wildman–Crippen MR) is 61.0 cm³/mol. The second-order valence-corrected chi connectivity index (χ2v) is 3.83. The third kappa shape index (κ3) is 2.34. The average Bonchev–Trinajstić information content (AvgIpc) is 2.23. The molecule has 74 valence electrons. The molecule has 0 bridgehead atoms. The number of benzene rings is 1. The van der Waals surface area contributed by atoms with Crippen LogP contribution in [-0.2, 0) is 0 Å². The van der Waals surface area contributed by atoms with Gasteiger partial charge in [0.25, 0.3) is 0 Å². The molecule has 1 aliphatic carbocycles. The maximum Gasteiger partial charge on any atom is 0.0630 e. The van der Waals surface area contributed by atoms with Crippen molar-refractivity contribution >= 4 is 17.1 Å². The minimum atomic E-state index is 0.803. The van der Waals surface area contributed by atoms with Crippen LogP contribution >= 0.6 is 0 Å². The van der Waals surface area contributed by atoms with Crippen LogP contribution in [0.5, 0.6) is 0 Å². The van der Waals surface area contributed by atoms with Crippen LogP contribution in [0.2, 0.25) is 0 Å². The SMILES string of the molecule is Nc1ccc(N=C2CCCCC2)cc1. The first kappa shape index (κ1) is 9.25. The van der Waals surface area contributed by atoms with Gasteiger partial charge in [0.1, 0.15) is 0 Å². The molecule has 0 unspecified atom stereocenters. The van der Waals surface area contributed by atoms with E-state index in [2.05, 4.69) is 4.99 Å². The van der Waals surface area contributed by atoms with Gasteiger partial charge in [-0.2, -0.15) is 0 Å². The highest BCUT2D eigenvalue weighted by molar-refractivity contribution is 5.87. The lowest BCUT2D eigenvalue weighted by Gasteiger charge is -2.11. The van der Waals surface area contributed by atoms with E-state index >= 15 is 0 Å². The van der Waals surface area contributed by atoms with Crippen LogP contribution in [-0.4, -0.2) is 5.71 Å². The maximum atomic E-state index is 5.61. The molecule has 0 amide bonds. The third-order valence-corrected chi connectivity index (χ3v) is 2.61. The number of anilines is 1. The van der Waals surface area contributed by atoms with Crippen molar-refractivity contribution in [3.05, 3.63) is 24.3 Å². The Morgan fingerprint density at radius 1 is 0.929 bits per heavy atom. The van der Waals surface area contributed by atoms with Crippen molar-refractivity contribution in [3.63, 3.8) is 0 Å². The van der Waals surface area contributed by atoms with Gasteiger partial charge in [-0.3, -0.25) is 4.99 Å². The molecular formula is C12H16N2. The third-order valence-electron chi connectivity index (χ3n) is 2.61. The first-order valence-electron chi connectivity index (χ1n) is 5.26. The Labute approximate surface area is 84.9 Å². The van der Waals surface area contributed by atoms with Crippen LogP contribution in [0.3, 0.4) is 0 Å². The van der Waals surface area contributed by atoms with Crippen molar-refractivity contribution in [1.29, 1.82) is 0 Å². The highest BCUT2D eigenvalue weighted by atomic mass is 14.7. The Morgan fingerprint density at radius 2 is 1.57 bits per heavy atom. The molecule has 14 heavy (non-hydrogen) atoms. The van der Waals surface area contributed by atoms with Crippen molar-refractivity contribution in [2.24, 2.45) is 4.99 Å². The highest BCUT2D eigenvalue weighted by Gasteiger charge is 2.06. The first-order chi connectivity index (χ1) is 6.84. The van der Waals surface area contributed by atoms with Gasteiger partial charge in [0, 0.05) is 11.4 Å².